The first-order chi connectivity index (χ1) is 9.67. The Morgan fingerprint density at radius 2 is 1.70 bits per heavy atom. The Hall–Kier alpha value is -0.960. The van der Waals surface area contributed by atoms with Crippen molar-refractivity contribution in [2.24, 2.45) is 17.8 Å². The first-order valence-electron chi connectivity index (χ1n) is 8.16. The van der Waals surface area contributed by atoms with Gasteiger partial charge in [-0.1, -0.05) is 0 Å². The molecule has 5 rings (SSSR count). The summed E-state index contributed by atoms with van der Waals surface area (Å²) in [5.41, 5.74) is 2.62. The molecule has 1 N–H and O–H groups in total. The van der Waals surface area contributed by atoms with Crippen molar-refractivity contribution in [3.8, 4) is 0 Å². The molecular weight excluding hydrogens is 246 g/mol. The molecule has 20 heavy (non-hydrogen) atoms. The maximum Gasteiger partial charge on any atom is 0.135 e. The van der Waals surface area contributed by atoms with E-state index in [1.54, 1.807) is 0 Å². The van der Waals surface area contributed by atoms with E-state index >= 15 is 0 Å². The van der Waals surface area contributed by atoms with Crippen molar-refractivity contribution in [3.63, 3.8) is 0 Å². The highest BCUT2D eigenvalue weighted by molar-refractivity contribution is 5.21. The predicted octanol–water partition coefficient (Wildman–Crippen LogP) is 2.97. The summed E-state index contributed by atoms with van der Waals surface area (Å²) >= 11 is 0. The zero-order chi connectivity index (χ0) is 13.7. The van der Waals surface area contributed by atoms with E-state index in [0.717, 1.165) is 35.7 Å². The van der Waals surface area contributed by atoms with Crippen molar-refractivity contribution >= 4 is 0 Å². The number of rotatable bonds is 3. The van der Waals surface area contributed by atoms with E-state index in [2.05, 4.69) is 18.3 Å². The second kappa shape index (κ2) is 4.52. The Morgan fingerprint density at radius 3 is 2.25 bits per heavy atom. The molecule has 3 heteroatoms. The Balaban J connectivity index is 1.73. The predicted molar refractivity (Wildman–Crippen MR) is 79.4 cm³/mol. The van der Waals surface area contributed by atoms with Gasteiger partial charge in [0.05, 0.1) is 5.69 Å². The first-order valence-corrected chi connectivity index (χ1v) is 8.16. The third-order valence-corrected chi connectivity index (χ3v) is 5.78. The third kappa shape index (κ3) is 1.98. The summed E-state index contributed by atoms with van der Waals surface area (Å²) in [6.07, 6.45) is 8.49. The Labute approximate surface area is 121 Å². The summed E-state index contributed by atoms with van der Waals surface area (Å²) in [5.74, 6) is 4.04. The van der Waals surface area contributed by atoms with E-state index in [9.17, 15) is 0 Å². The maximum atomic E-state index is 4.94. The first kappa shape index (κ1) is 12.8. The molecule has 4 bridgehead atoms. The Morgan fingerprint density at radius 1 is 1.10 bits per heavy atom. The summed E-state index contributed by atoms with van der Waals surface area (Å²) in [4.78, 5) is 9.81. The molecule has 4 fully saturated rings. The quantitative estimate of drug-likeness (QED) is 0.918. The molecule has 0 radical (unpaired) electrons. The van der Waals surface area contributed by atoms with Gasteiger partial charge in [0, 0.05) is 17.7 Å². The lowest BCUT2D eigenvalue weighted by molar-refractivity contribution is -0.00957. The SMILES string of the molecule is CNCc1cc(C)nc(C23CC4CC(CC(C4)C2)C3)n1. The molecule has 4 aliphatic carbocycles. The minimum absolute atomic E-state index is 0.323. The molecular formula is C17H25N3. The van der Waals surface area contributed by atoms with Crippen LogP contribution in [0.15, 0.2) is 6.07 Å². The van der Waals surface area contributed by atoms with Crippen molar-refractivity contribution in [1.82, 2.24) is 15.3 Å². The number of aryl methyl sites for hydroxylation is 1. The van der Waals surface area contributed by atoms with Crippen molar-refractivity contribution < 1.29 is 0 Å². The van der Waals surface area contributed by atoms with Crippen LogP contribution in [-0.2, 0) is 12.0 Å². The van der Waals surface area contributed by atoms with Gasteiger partial charge in [0.25, 0.3) is 0 Å². The zero-order valence-corrected chi connectivity index (χ0v) is 12.7. The van der Waals surface area contributed by atoms with Crippen molar-refractivity contribution in [2.75, 3.05) is 7.05 Å². The molecule has 4 aliphatic rings. The second-order valence-corrected chi connectivity index (χ2v) is 7.55. The minimum Gasteiger partial charge on any atom is -0.314 e. The molecule has 0 amide bonds. The van der Waals surface area contributed by atoms with Crippen LogP contribution in [0, 0.1) is 24.7 Å². The number of nitrogens with zero attached hydrogens (tertiary/aromatic N) is 2. The van der Waals surface area contributed by atoms with Gasteiger partial charge in [-0.25, -0.2) is 9.97 Å². The molecule has 1 heterocycles. The van der Waals surface area contributed by atoms with E-state index in [-0.39, 0.29) is 0 Å². The fourth-order valence-electron chi connectivity index (χ4n) is 5.53. The van der Waals surface area contributed by atoms with Gasteiger partial charge in [-0.15, -0.1) is 0 Å². The van der Waals surface area contributed by atoms with Gasteiger partial charge < -0.3 is 5.32 Å². The summed E-state index contributed by atoms with van der Waals surface area (Å²) in [5, 5.41) is 3.22. The molecule has 3 nitrogen and oxygen atoms in total. The lowest BCUT2D eigenvalue weighted by atomic mass is 9.49. The molecule has 0 aliphatic heterocycles. The number of aromatic nitrogens is 2. The standard InChI is InChI=1S/C17H25N3/c1-11-3-15(10-18-2)20-16(19-11)17-7-12-4-13(8-17)6-14(5-12)9-17/h3,12-14,18H,4-10H2,1-2H3. The monoisotopic (exact) mass is 271 g/mol. The second-order valence-electron chi connectivity index (χ2n) is 7.55. The summed E-state index contributed by atoms with van der Waals surface area (Å²) in [7, 11) is 1.99. The minimum atomic E-state index is 0.323. The van der Waals surface area contributed by atoms with Crippen molar-refractivity contribution in [3.05, 3.63) is 23.3 Å². The molecule has 0 saturated heterocycles. The molecule has 1 aromatic heterocycles. The van der Waals surface area contributed by atoms with Crippen LogP contribution in [-0.4, -0.2) is 17.0 Å². The number of nitrogens with one attached hydrogen (secondary N) is 1. The fraction of sp³-hybridized carbons (Fsp3) is 0.765. The van der Waals surface area contributed by atoms with Gasteiger partial charge in [-0.3, -0.25) is 0 Å². The van der Waals surface area contributed by atoms with E-state index in [4.69, 9.17) is 9.97 Å². The normalized spacial score (nSPS) is 38.4. The fourth-order valence-corrected chi connectivity index (χ4v) is 5.53. The van der Waals surface area contributed by atoms with Crippen LogP contribution in [0.2, 0.25) is 0 Å². The molecule has 1 aromatic rings. The van der Waals surface area contributed by atoms with E-state index in [1.165, 1.54) is 44.3 Å². The van der Waals surface area contributed by atoms with E-state index in [1.807, 2.05) is 7.05 Å². The highest BCUT2D eigenvalue weighted by Crippen LogP contribution is 2.60. The van der Waals surface area contributed by atoms with Crippen molar-refractivity contribution in [1.29, 1.82) is 0 Å². The van der Waals surface area contributed by atoms with Gasteiger partial charge >= 0.3 is 0 Å². The molecule has 4 saturated carbocycles. The summed E-state index contributed by atoms with van der Waals surface area (Å²) in [6.45, 7) is 2.97. The molecule has 0 atom stereocenters. The average molecular weight is 271 g/mol. The topological polar surface area (TPSA) is 37.8 Å². The molecule has 0 spiro atoms. The zero-order valence-electron chi connectivity index (χ0n) is 12.7. The summed E-state index contributed by atoms with van der Waals surface area (Å²) in [6, 6.07) is 2.13. The smallest absolute Gasteiger partial charge is 0.135 e. The summed E-state index contributed by atoms with van der Waals surface area (Å²) < 4.78 is 0. The highest BCUT2D eigenvalue weighted by atomic mass is 14.9. The molecule has 0 unspecified atom stereocenters. The van der Waals surface area contributed by atoms with Gasteiger partial charge in [0.2, 0.25) is 0 Å². The number of hydrogen-bond acceptors (Lipinski definition) is 3. The highest BCUT2D eigenvalue weighted by Gasteiger charge is 2.53. The molecule has 0 aromatic carbocycles. The van der Waals surface area contributed by atoms with Crippen LogP contribution in [0.1, 0.15) is 55.7 Å². The van der Waals surface area contributed by atoms with Crippen LogP contribution in [0.25, 0.3) is 0 Å². The van der Waals surface area contributed by atoms with Gasteiger partial charge in [0.15, 0.2) is 0 Å². The lowest BCUT2D eigenvalue weighted by Gasteiger charge is -2.56. The largest absolute Gasteiger partial charge is 0.314 e. The average Bonchev–Trinajstić information content (AvgIpc) is 2.36. The van der Waals surface area contributed by atoms with Crippen LogP contribution < -0.4 is 5.32 Å². The van der Waals surface area contributed by atoms with Crippen LogP contribution >= 0.6 is 0 Å². The van der Waals surface area contributed by atoms with Crippen LogP contribution in [0.3, 0.4) is 0 Å². The Bertz CT molecular complexity index is 488. The van der Waals surface area contributed by atoms with E-state index < -0.39 is 0 Å². The van der Waals surface area contributed by atoms with Crippen LogP contribution in [0.5, 0.6) is 0 Å². The van der Waals surface area contributed by atoms with Gasteiger partial charge in [0.1, 0.15) is 5.82 Å². The lowest BCUT2D eigenvalue weighted by Crippen LogP contribution is -2.49. The van der Waals surface area contributed by atoms with Crippen LogP contribution in [0.4, 0.5) is 0 Å². The van der Waals surface area contributed by atoms with Gasteiger partial charge in [-0.2, -0.15) is 0 Å². The Kier molecular flexibility index (Phi) is 2.88. The maximum absolute atomic E-state index is 4.94. The molecule has 108 valence electrons. The number of hydrogen-bond donors (Lipinski definition) is 1. The van der Waals surface area contributed by atoms with E-state index in [0.29, 0.717) is 5.41 Å². The van der Waals surface area contributed by atoms with Crippen molar-refractivity contribution in [2.45, 2.75) is 57.4 Å². The van der Waals surface area contributed by atoms with Gasteiger partial charge in [-0.05, 0) is 76.3 Å². The third-order valence-electron chi connectivity index (χ3n) is 5.78.